The Morgan fingerprint density at radius 2 is 1.50 bits per heavy atom. The van der Waals surface area contributed by atoms with Crippen LogP contribution in [0.4, 0.5) is 0 Å². The molecule has 0 aliphatic heterocycles. The van der Waals surface area contributed by atoms with Crippen molar-refractivity contribution in [2.24, 2.45) is 5.41 Å². The summed E-state index contributed by atoms with van der Waals surface area (Å²) in [5.41, 5.74) is 1.80. The Bertz CT molecular complexity index is 228. The molecule has 0 amide bonds. The highest BCUT2D eigenvalue weighted by molar-refractivity contribution is 5.20. The third-order valence-corrected chi connectivity index (χ3v) is 2.60. The minimum atomic E-state index is 0.362. The van der Waals surface area contributed by atoms with Crippen LogP contribution in [0.15, 0.2) is 30.3 Å². The lowest BCUT2D eigenvalue weighted by Crippen LogP contribution is -2.14. The molecule has 0 saturated carbocycles. The summed E-state index contributed by atoms with van der Waals surface area (Å²) in [7, 11) is 0. The maximum absolute atomic E-state index is 2.29. The molecule has 12 heavy (non-hydrogen) atoms. The van der Waals surface area contributed by atoms with Gasteiger partial charge in [0.15, 0.2) is 0 Å². The van der Waals surface area contributed by atoms with Crippen molar-refractivity contribution in [3.05, 3.63) is 35.9 Å². The Labute approximate surface area is 75.6 Å². The van der Waals surface area contributed by atoms with Crippen LogP contribution in [-0.4, -0.2) is 0 Å². The third-order valence-electron chi connectivity index (χ3n) is 2.60. The van der Waals surface area contributed by atoms with Gasteiger partial charge in [0.05, 0.1) is 0 Å². The SMILES string of the molecule is CC(c1ccccc1)C(C)(C)C. The summed E-state index contributed by atoms with van der Waals surface area (Å²) in [5.74, 6) is 0.624. The van der Waals surface area contributed by atoms with Crippen LogP contribution in [0.5, 0.6) is 0 Å². The average molecular weight is 162 g/mol. The van der Waals surface area contributed by atoms with Crippen molar-refractivity contribution in [1.29, 1.82) is 0 Å². The first kappa shape index (κ1) is 9.31. The van der Waals surface area contributed by atoms with Gasteiger partial charge in [0.1, 0.15) is 0 Å². The second-order valence-corrected chi connectivity index (χ2v) is 4.50. The van der Waals surface area contributed by atoms with Crippen molar-refractivity contribution in [3.63, 3.8) is 0 Å². The van der Waals surface area contributed by atoms with Crippen molar-refractivity contribution in [2.75, 3.05) is 0 Å². The van der Waals surface area contributed by atoms with Crippen LogP contribution in [0.3, 0.4) is 0 Å². The summed E-state index contributed by atoms with van der Waals surface area (Å²) >= 11 is 0. The van der Waals surface area contributed by atoms with Crippen LogP contribution in [-0.2, 0) is 0 Å². The molecule has 0 heteroatoms. The van der Waals surface area contributed by atoms with Crippen LogP contribution in [0.1, 0.15) is 39.2 Å². The normalized spacial score (nSPS) is 14.3. The van der Waals surface area contributed by atoms with Gasteiger partial charge < -0.3 is 0 Å². The molecule has 0 saturated heterocycles. The van der Waals surface area contributed by atoms with Gasteiger partial charge in [-0.25, -0.2) is 0 Å². The van der Waals surface area contributed by atoms with Gasteiger partial charge in [-0.1, -0.05) is 58.0 Å². The summed E-state index contributed by atoms with van der Waals surface area (Å²) in [6.45, 7) is 9.13. The first-order valence-electron chi connectivity index (χ1n) is 4.57. The molecule has 0 radical (unpaired) electrons. The van der Waals surface area contributed by atoms with Gasteiger partial charge in [-0.3, -0.25) is 0 Å². The Hall–Kier alpha value is -0.780. The van der Waals surface area contributed by atoms with Gasteiger partial charge in [0.2, 0.25) is 0 Å². The summed E-state index contributed by atoms with van der Waals surface area (Å²) in [4.78, 5) is 0. The molecule has 1 rings (SSSR count). The molecule has 0 fully saturated rings. The quantitative estimate of drug-likeness (QED) is 0.588. The Morgan fingerprint density at radius 1 is 1.00 bits per heavy atom. The fraction of sp³-hybridized carbons (Fsp3) is 0.500. The molecule has 0 aliphatic carbocycles. The number of benzene rings is 1. The standard InChI is InChI=1S/C12H18/c1-10(12(2,3)4)11-8-6-5-7-9-11/h5-10H,1-4H3. The zero-order valence-electron chi connectivity index (χ0n) is 8.46. The lowest BCUT2D eigenvalue weighted by molar-refractivity contribution is 0.339. The van der Waals surface area contributed by atoms with Crippen LogP contribution in [0.25, 0.3) is 0 Å². The van der Waals surface area contributed by atoms with E-state index in [0.29, 0.717) is 11.3 Å². The number of hydrogen-bond donors (Lipinski definition) is 0. The molecule has 0 heterocycles. The first-order chi connectivity index (χ1) is 5.52. The average Bonchev–Trinajstić information content (AvgIpc) is 2.03. The van der Waals surface area contributed by atoms with Crippen molar-refractivity contribution in [3.8, 4) is 0 Å². The van der Waals surface area contributed by atoms with Crippen LogP contribution >= 0.6 is 0 Å². The molecule has 0 spiro atoms. The van der Waals surface area contributed by atoms with E-state index in [0.717, 1.165) is 0 Å². The maximum Gasteiger partial charge on any atom is -0.0142 e. The van der Waals surface area contributed by atoms with E-state index >= 15 is 0 Å². The van der Waals surface area contributed by atoms with Crippen molar-refractivity contribution < 1.29 is 0 Å². The lowest BCUT2D eigenvalue weighted by atomic mass is 9.78. The van der Waals surface area contributed by atoms with Gasteiger partial charge in [0, 0.05) is 0 Å². The van der Waals surface area contributed by atoms with Crippen molar-refractivity contribution in [1.82, 2.24) is 0 Å². The molecular formula is C12H18. The zero-order valence-corrected chi connectivity index (χ0v) is 8.46. The lowest BCUT2D eigenvalue weighted by Gasteiger charge is -2.27. The second kappa shape index (κ2) is 3.30. The van der Waals surface area contributed by atoms with Gasteiger partial charge in [0.25, 0.3) is 0 Å². The Morgan fingerprint density at radius 3 is 1.92 bits per heavy atom. The van der Waals surface area contributed by atoms with Crippen molar-refractivity contribution >= 4 is 0 Å². The molecule has 0 bridgehead atoms. The summed E-state index contributed by atoms with van der Waals surface area (Å²) < 4.78 is 0. The number of hydrogen-bond acceptors (Lipinski definition) is 0. The van der Waals surface area contributed by atoms with E-state index in [4.69, 9.17) is 0 Å². The minimum Gasteiger partial charge on any atom is -0.0622 e. The topological polar surface area (TPSA) is 0 Å². The van der Waals surface area contributed by atoms with Gasteiger partial charge in [-0.2, -0.15) is 0 Å². The van der Waals surface area contributed by atoms with E-state index in [1.807, 2.05) is 0 Å². The predicted molar refractivity (Wildman–Crippen MR) is 54.3 cm³/mol. The maximum atomic E-state index is 2.29. The predicted octanol–water partition coefficient (Wildman–Crippen LogP) is 3.84. The molecule has 0 N–H and O–H groups in total. The molecule has 0 aliphatic rings. The van der Waals surface area contributed by atoms with Gasteiger partial charge in [-0.05, 0) is 16.9 Å². The van der Waals surface area contributed by atoms with E-state index in [1.165, 1.54) is 5.56 Å². The molecule has 1 aromatic rings. The largest absolute Gasteiger partial charge is 0.0622 e. The Kier molecular flexibility index (Phi) is 2.56. The zero-order chi connectivity index (χ0) is 9.19. The molecular weight excluding hydrogens is 144 g/mol. The summed E-state index contributed by atoms with van der Waals surface area (Å²) in [5, 5.41) is 0. The van der Waals surface area contributed by atoms with Gasteiger partial charge >= 0.3 is 0 Å². The highest BCUT2D eigenvalue weighted by Gasteiger charge is 2.20. The third kappa shape index (κ3) is 2.10. The second-order valence-electron chi connectivity index (χ2n) is 4.50. The summed E-state index contributed by atoms with van der Waals surface area (Å²) in [6.07, 6.45) is 0. The van der Waals surface area contributed by atoms with E-state index in [-0.39, 0.29) is 0 Å². The number of rotatable bonds is 1. The highest BCUT2D eigenvalue weighted by Crippen LogP contribution is 2.33. The van der Waals surface area contributed by atoms with E-state index in [2.05, 4.69) is 58.0 Å². The van der Waals surface area contributed by atoms with Crippen LogP contribution in [0.2, 0.25) is 0 Å². The minimum absolute atomic E-state index is 0.362. The van der Waals surface area contributed by atoms with Crippen LogP contribution in [0, 0.1) is 5.41 Å². The molecule has 66 valence electrons. The monoisotopic (exact) mass is 162 g/mol. The molecule has 0 nitrogen and oxygen atoms in total. The summed E-state index contributed by atoms with van der Waals surface area (Å²) in [6, 6.07) is 10.7. The fourth-order valence-corrected chi connectivity index (χ4v) is 1.24. The molecule has 1 aromatic carbocycles. The van der Waals surface area contributed by atoms with Gasteiger partial charge in [-0.15, -0.1) is 0 Å². The molecule has 1 atom stereocenters. The van der Waals surface area contributed by atoms with E-state index in [1.54, 1.807) is 0 Å². The fourth-order valence-electron chi connectivity index (χ4n) is 1.24. The smallest absolute Gasteiger partial charge is 0.0142 e. The van der Waals surface area contributed by atoms with Crippen LogP contribution < -0.4 is 0 Å². The van der Waals surface area contributed by atoms with E-state index < -0.39 is 0 Å². The highest BCUT2D eigenvalue weighted by atomic mass is 14.3. The molecule has 1 unspecified atom stereocenters. The Balaban J connectivity index is 2.86. The first-order valence-corrected chi connectivity index (χ1v) is 4.57. The molecule has 0 aromatic heterocycles. The van der Waals surface area contributed by atoms with E-state index in [9.17, 15) is 0 Å². The van der Waals surface area contributed by atoms with Crippen molar-refractivity contribution in [2.45, 2.75) is 33.6 Å².